The van der Waals surface area contributed by atoms with Crippen LogP contribution in [0, 0.1) is 0 Å². The third-order valence-electron chi connectivity index (χ3n) is 2.40. The predicted molar refractivity (Wildman–Crippen MR) is 52.9 cm³/mol. The molecule has 1 aliphatic heterocycles. The summed E-state index contributed by atoms with van der Waals surface area (Å²) in [4.78, 5) is 0. The van der Waals surface area contributed by atoms with Gasteiger partial charge in [0.15, 0.2) is 0 Å². The van der Waals surface area contributed by atoms with Gasteiger partial charge in [0, 0.05) is 20.3 Å². The van der Waals surface area contributed by atoms with Gasteiger partial charge in [-0.1, -0.05) is 0 Å². The summed E-state index contributed by atoms with van der Waals surface area (Å²) in [6.45, 7) is 5.07. The minimum atomic E-state index is 0.324. The van der Waals surface area contributed by atoms with Gasteiger partial charge in [0.25, 0.3) is 0 Å². The molecule has 0 saturated carbocycles. The Hall–Kier alpha value is -0.120. The second kappa shape index (κ2) is 6.35. The smallest absolute Gasteiger partial charge is 0.0703 e. The largest absolute Gasteiger partial charge is 0.385 e. The number of hydrogen-bond donors (Lipinski definition) is 1. The van der Waals surface area contributed by atoms with Crippen LogP contribution in [0.25, 0.3) is 0 Å². The fourth-order valence-electron chi connectivity index (χ4n) is 1.62. The molecule has 3 heteroatoms. The van der Waals surface area contributed by atoms with Gasteiger partial charge in [0.1, 0.15) is 0 Å². The standard InChI is InChI=1S/C10H21NO2/c1-9(5-7-12-2)13-10-4-3-6-11-8-10/h9-11H,3-8H2,1-2H3. The first kappa shape index (κ1) is 11.0. The summed E-state index contributed by atoms with van der Waals surface area (Å²) in [6, 6.07) is 0. The third-order valence-corrected chi connectivity index (χ3v) is 2.40. The molecular formula is C10H21NO2. The molecule has 78 valence electrons. The van der Waals surface area contributed by atoms with Gasteiger partial charge < -0.3 is 14.8 Å². The van der Waals surface area contributed by atoms with Crippen molar-refractivity contribution in [3.63, 3.8) is 0 Å². The average Bonchev–Trinajstić information content (AvgIpc) is 2.16. The monoisotopic (exact) mass is 187 g/mol. The van der Waals surface area contributed by atoms with Gasteiger partial charge in [0.05, 0.1) is 12.2 Å². The summed E-state index contributed by atoms with van der Waals surface area (Å²) in [5, 5.41) is 3.34. The summed E-state index contributed by atoms with van der Waals surface area (Å²) < 4.78 is 10.9. The molecule has 0 aromatic rings. The lowest BCUT2D eigenvalue weighted by atomic mass is 10.1. The lowest BCUT2D eigenvalue weighted by molar-refractivity contribution is -0.0260. The molecule has 0 spiro atoms. The molecule has 1 N–H and O–H groups in total. The van der Waals surface area contributed by atoms with Crippen LogP contribution >= 0.6 is 0 Å². The molecule has 0 radical (unpaired) electrons. The van der Waals surface area contributed by atoms with Crippen molar-refractivity contribution in [1.29, 1.82) is 0 Å². The number of rotatable bonds is 5. The third kappa shape index (κ3) is 4.60. The van der Waals surface area contributed by atoms with Gasteiger partial charge in [-0.3, -0.25) is 0 Å². The molecule has 1 aliphatic rings. The van der Waals surface area contributed by atoms with Crippen LogP contribution in [0.4, 0.5) is 0 Å². The fraction of sp³-hybridized carbons (Fsp3) is 1.00. The van der Waals surface area contributed by atoms with Crippen LogP contribution < -0.4 is 5.32 Å². The van der Waals surface area contributed by atoms with Crippen molar-refractivity contribution >= 4 is 0 Å². The van der Waals surface area contributed by atoms with Crippen molar-refractivity contribution in [1.82, 2.24) is 5.32 Å². The average molecular weight is 187 g/mol. The zero-order chi connectivity index (χ0) is 9.52. The summed E-state index contributed by atoms with van der Waals surface area (Å²) in [5.41, 5.74) is 0. The summed E-state index contributed by atoms with van der Waals surface area (Å²) in [7, 11) is 1.73. The topological polar surface area (TPSA) is 30.5 Å². The lowest BCUT2D eigenvalue weighted by Crippen LogP contribution is -2.37. The highest BCUT2D eigenvalue weighted by atomic mass is 16.5. The maximum Gasteiger partial charge on any atom is 0.0703 e. The van der Waals surface area contributed by atoms with Crippen molar-refractivity contribution < 1.29 is 9.47 Å². The first-order valence-corrected chi connectivity index (χ1v) is 5.18. The Bertz CT molecular complexity index is 124. The van der Waals surface area contributed by atoms with Crippen LogP contribution in [0.1, 0.15) is 26.2 Å². The Morgan fingerprint density at radius 1 is 1.54 bits per heavy atom. The van der Waals surface area contributed by atoms with Crippen molar-refractivity contribution in [2.24, 2.45) is 0 Å². The quantitative estimate of drug-likeness (QED) is 0.701. The van der Waals surface area contributed by atoms with Gasteiger partial charge in [-0.05, 0) is 32.7 Å². The molecule has 0 amide bonds. The molecule has 0 aliphatic carbocycles. The number of piperidine rings is 1. The van der Waals surface area contributed by atoms with Crippen LogP contribution in [0.3, 0.4) is 0 Å². The van der Waals surface area contributed by atoms with Crippen LogP contribution in [0.15, 0.2) is 0 Å². The van der Waals surface area contributed by atoms with Crippen molar-refractivity contribution in [2.75, 3.05) is 26.8 Å². The summed E-state index contributed by atoms with van der Waals surface area (Å²) in [5.74, 6) is 0. The van der Waals surface area contributed by atoms with Gasteiger partial charge in [-0.25, -0.2) is 0 Å². The van der Waals surface area contributed by atoms with Gasteiger partial charge >= 0.3 is 0 Å². The highest BCUT2D eigenvalue weighted by molar-refractivity contribution is 4.70. The zero-order valence-electron chi connectivity index (χ0n) is 8.71. The minimum absolute atomic E-state index is 0.324. The van der Waals surface area contributed by atoms with Crippen LogP contribution in [0.2, 0.25) is 0 Å². The van der Waals surface area contributed by atoms with Gasteiger partial charge in [0.2, 0.25) is 0 Å². The van der Waals surface area contributed by atoms with Crippen LogP contribution in [-0.4, -0.2) is 39.0 Å². The summed E-state index contributed by atoms with van der Waals surface area (Å²) >= 11 is 0. The molecule has 0 aromatic carbocycles. The van der Waals surface area contributed by atoms with Crippen molar-refractivity contribution in [3.05, 3.63) is 0 Å². The molecule has 1 fully saturated rings. The summed E-state index contributed by atoms with van der Waals surface area (Å²) in [6.07, 6.45) is 4.17. The molecule has 3 nitrogen and oxygen atoms in total. The van der Waals surface area contributed by atoms with Gasteiger partial charge in [-0.2, -0.15) is 0 Å². The molecular weight excluding hydrogens is 166 g/mol. The van der Waals surface area contributed by atoms with Crippen LogP contribution in [0.5, 0.6) is 0 Å². The first-order chi connectivity index (χ1) is 6.33. The molecule has 1 saturated heterocycles. The van der Waals surface area contributed by atoms with E-state index in [0.29, 0.717) is 12.2 Å². The molecule has 1 rings (SSSR count). The molecule has 2 unspecified atom stereocenters. The van der Waals surface area contributed by atoms with E-state index in [4.69, 9.17) is 9.47 Å². The van der Waals surface area contributed by atoms with E-state index in [9.17, 15) is 0 Å². The first-order valence-electron chi connectivity index (χ1n) is 5.18. The highest BCUT2D eigenvalue weighted by Gasteiger charge is 2.15. The van der Waals surface area contributed by atoms with E-state index in [1.807, 2.05) is 0 Å². The Kier molecular flexibility index (Phi) is 5.35. The van der Waals surface area contributed by atoms with E-state index in [0.717, 1.165) is 26.1 Å². The molecule has 0 bridgehead atoms. The second-order valence-electron chi connectivity index (χ2n) is 3.70. The molecule has 2 atom stereocenters. The number of hydrogen-bond acceptors (Lipinski definition) is 3. The van der Waals surface area contributed by atoms with E-state index < -0.39 is 0 Å². The highest BCUT2D eigenvalue weighted by Crippen LogP contribution is 2.10. The Morgan fingerprint density at radius 3 is 3.00 bits per heavy atom. The number of nitrogens with one attached hydrogen (secondary N) is 1. The number of methoxy groups -OCH3 is 1. The number of ether oxygens (including phenoxy) is 2. The maximum absolute atomic E-state index is 5.85. The normalized spacial score (nSPS) is 25.8. The maximum atomic E-state index is 5.85. The van der Waals surface area contributed by atoms with Crippen LogP contribution in [-0.2, 0) is 9.47 Å². The van der Waals surface area contributed by atoms with Crippen molar-refractivity contribution in [2.45, 2.75) is 38.4 Å². The van der Waals surface area contributed by atoms with Gasteiger partial charge in [-0.15, -0.1) is 0 Å². The molecule has 0 aromatic heterocycles. The molecule has 13 heavy (non-hydrogen) atoms. The Morgan fingerprint density at radius 2 is 2.38 bits per heavy atom. The lowest BCUT2D eigenvalue weighted by Gasteiger charge is -2.26. The van der Waals surface area contributed by atoms with Crippen molar-refractivity contribution in [3.8, 4) is 0 Å². The van der Waals surface area contributed by atoms with E-state index >= 15 is 0 Å². The van der Waals surface area contributed by atoms with E-state index in [2.05, 4.69) is 12.2 Å². The molecule has 1 heterocycles. The Balaban J connectivity index is 2.07. The SMILES string of the molecule is COCCC(C)OC1CCCNC1. The van der Waals surface area contributed by atoms with E-state index in [1.54, 1.807) is 7.11 Å². The fourth-order valence-corrected chi connectivity index (χ4v) is 1.62. The zero-order valence-corrected chi connectivity index (χ0v) is 8.71. The Labute approximate surface area is 80.8 Å². The second-order valence-corrected chi connectivity index (χ2v) is 3.70. The minimum Gasteiger partial charge on any atom is -0.385 e. The van der Waals surface area contributed by atoms with E-state index in [1.165, 1.54) is 12.8 Å². The predicted octanol–water partition coefficient (Wildman–Crippen LogP) is 1.18. The van der Waals surface area contributed by atoms with E-state index in [-0.39, 0.29) is 0 Å².